The predicted molar refractivity (Wildman–Crippen MR) is 92.0 cm³/mol. The van der Waals surface area contributed by atoms with E-state index < -0.39 is 10.8 Å². The number of nitro benzene ring substituents is 1. The fourth-order valence-electron chi connectivity index (χ4n) is 1.93. The van der Waals surface area contributed by atoms with Gasteiger partial charge in [0.2, 0.25) is 0 Å². The number of methoxy groups -OCH3 is 1. The molecule has 0 atom stereocenters. The Kier molecular flexibility index (Phi) is 6.02. The van der Waals surface area contributed by atoms with Crippen molar-refractivity contribution in [3.8, 4) is 11.5 Å². The minimum absolute atomic E-state index is 0.00816. The fraction of sp³-hybridized carbons (Fsp3) is 0.188. The second-order valence-electron chi connectivity index (χ2n) is 4.66. The first-order chi connectivity index (χ1) is 11.5. The van der Waals surface area contributed by atoms with Crippen molar-refractivity contribution in [2.24, 2.45) is 0 Å². The summed E-state index contributed by atoms with van der Waals surface area (Å²) in [6, 6.07) is 11.5. The number of anilines is 1. The van der Waals surface area contributed by atoms with Crippen molar-refractivity contribution >= 4 is 29.0 Å². The number of amides is 1. The Balaban J connectivity index is 2.02. The summed E-state index contributed by atoms with van der Waals surface area (Å²) in [4.78, 5) is 23.4. The van der Waals surface area contributed by atoms with Gasteiger partial charge >= 0.3 is 5.69 Å². The van der Waals surface area contributed by atoms with E-state index in [9.17, 15) is 14.9 Å². The highest BCUT2D eigenvalue weighted by Gasteiger charge is 2.17. The molecule has 0 saturated carbocycles. The summed E-state index contributed by atoms with van der Waals surface area (Å²) in [5, 5.41) is 13.7. The summed E-state index contributed by atoms with van der Waals surface area (Å²) in [7, 11) is 1.41. The predicted octanol–water partition coefficient (Wildman–Crippen LogP) is 3.34. The average Bonchev–Trinajstić information content (AvgIpc) is 2.59. The SMILES string of the molecule is COc1ccc(OCC(=O)Nc2cccc(SC)c2)c([N+](=O)[O-])c1. The summed E-state index contributed by atoms with van der Waals surface area (Å²) < 4.78 is 10.2. The average molecular weight is 348 g/mol. The monoisotopic (exact) mass is 348 g/mol. The summed E-state index contributed by atoms with van der Waals surface area (Å²) in [6.07, 6.45) is 1.94. The van der Waals surface area contributed by atoms with Crippen molar-refractivity contribution in [3.63, 3.8) is 0 Å². The van der Waals surface area contributed by atoms with E-state index in [-0.39, 0.29) is 18.0 Å². The smallest absolute Gasteiger partial charge is 0.314 e. The number of nitrogens with one attached hydrogen (secondary N) is 1. The number of thioether (sulfide) groups is 1. The van der Waals surface area contributed by atoms with Gasteiger partial charge in [-0.25, -0.2) is 0 Å². The number of hydrogen-bond donors (Lipinski definition) is 1. The van der Waals surface area contributed by atoms with E-state index in [1.54, 1.807) is 17.8 Å². The lowest BCUT2D eigenvalue weighted by Crippen LogP contribution is -2.20. The van der Waals surface area contributed by atoms with Gasteiger partial charge in [0.05, 0.1) is 18.1 Å². The third-order valence-corrected chi connectivity index (χ3v) is 3.80. The number of rotatable bonds is 7. The first-order valence-electron chi connectivity index (χ1n) is 6.92. The van der Waals surface area contributed by atoms with E-state index in [2.05, 4.69) is 5.32 Å². The maximum Gasteiger partial charge on any atom is 0.314 e. The van der Waals surface area contributed by atoms with E-state index in [0.29, 0.717) is 11.4 Å². The molecule has 2 aromatic rings. The molecule has 2 aromatic carbocycles. The molecule has 0 fully saturated rings. The number of nitro groups is 1. The van der Waals surface area contributed by atoms with E-state index in [1.165, 1.54) is 25.3 Å². The van der Waals surface area contributed by atoms with Gasteiger partial charge in [0, 0.05) is 10.6 Å². The molecule has 0 aliphatic rings. The Morgan fingerprint density at radius 1 is 1.29 bits per heavy atom. The van der Waals surface area contributed by atoms with Gasteiger partial charge in [-0.1, -0.05) is 6.07 Å². The van der Waals surface area contributed by atoms with E-state index in [0.717, 1.165) is 4.90 Å². The Morgan fingerprint density at radius 3 is 2.75 bits per heavy atom. The second-order valence-corrected chi connectivity index (χ2v) is 5.54. The Morgan fingerprint density at radius 2 is 2.08 bits per heavy atom. The number of nitrogens with zero attached hydrogens (tertiary/aromatic N) is 1. The van der Waals surface area contributed by atoms with E-state index in [4.69, 9.17) is 9.47 Å². The summed E-state index contributed by atoms with van der Waals surface area (Å²) in [5.41, 5.74) is 0.381. The van der Waals surface area contributed by atoms with Crippen LogP contribution in [0.15, 0.2) is 47.4 Å². The lowest BCUT2D eigenvalue weighted by atomic mass is 10.3. The van der Waals surface area contributed by atoms with Crippen molar-refractivity contribution in [3.05, 3.63) is 52.6 Å². The molecule has 0 bridgehead atoms. The molecule has 7 nitrogen and oxygen atoms in total. The van der Waals surface area contributed by atoms with Crippen LogP contribution < -0.4 is 14.8 Å². The van der Waals surface area contributed by atoms with Crippen molar-refractivity contribution in [2.45, 2.75) is 4.90 Å². The summed E-state index contributed by atoms with van der Waals surface area (Å²) >= 11 is 1.56. The quantitative estimate of drug-likeness (QED) is 0.469. The third kappa shape index (κ3) is 4.63. The van der Waals surface area contributed by atoms with E-state index in [1.807, 2.05) is 24.5 Å². The molecule has 0 aliphatic carbocycles. The topological polar surface area (TPSA) is 90.7 Å². The van der Waals surface area contributed by atoms with Crippen molar-refractivity contribution in [1.82, 2.24) is 0 Å². The molecule has 0 aliphatic heterocycles. The lowest BCUT2D eigenvalue weighted by molar-refractivity contribution is -0.385. The van der Waals surface area contributed by atoms with Crippen LogP contribution >= 0.6 is 11.8 Å². The molecule has 24 heavy (non-hydrogen) atoms. The van der Waals surface area contributed by atoms with Gasteiger partial charge in [-0.3, -0.25) is 14.9 Å². The van der Waals surface area contributed by atoms with Gasteiger partial charge in [0.15, 0.2) is 12.4 Å². The largest absolute Gasteiger partial charge is 0.496 e. The molecule has 0 radical (unpaired) electrons. The molecule has 126 valence electrons. The molecule has 0 spiro atoms. The van der Waals surface area contributed by atoms with Crippen LogP contribution in [-0.2, 0) is 4.79 Å². The van der Waals surface area contributed by atoms with Crippen molar-refractivity contribution in [2.75, 3.05) is 25.3 Å². The van der Waals surface area contributed by atoms with Crippen LogP contribution in [0.5, 0.6) is 11.5 Å². The van der Waals surface area contributed by atoms with Crippen LogP contribution in [0.2, 0.25) is 0 Å². The zero-order valence-electron chi connectivity index (χ0n) is 13.1. The highest BCUT2D eigenvalue weighted by molar-refractivity contribution is 7.98. The number of benzene rings is 2. The Bertz CT molecular complexity index is 751. The van der Waals surface area contributed by atoms with Crippen LogP contribution in [-0.4, -0.2) is 30.8 Å². The third-order valence-electron chi connectivity index (χ3n) is 3.08. The molecule has 1 N–H and O–H groups in total. The van der Waals surface area contributed by atoms with E-state index >= 15 is 0 Å². The summed E-state index contributed by atoms with van der Waals surface area (Å²) in [5.74, 6) is -0.0560. The molecule has 0 heterocycles. The van der Waals surface area contributed by atoms with Gasteiger partial charge in [-0.2, -0.15) is 0 Å². The number of carbonyl (C=O) groups is 1. The fourth-order valence-corrected chi connectivity index (χ4v) is 2.39. The zero-order valence-corrected chi connectivity index (χ0v) is 14.0. The maximum atomic E-state index is 12.0. The summed E-state index contributed by atoms with van der Waals surface area (Å²) in [6.45, 7) is -0.337. The molecule has 0 aromatic heterocycles. The van der Waals surface area contributed by atoms with Crippen LogP contribution in [0.4, 0.5) is 11.4 Å². The molecular weight excluding hydrogens is 332 g/mol. The van der Waals surface area contributed by atoms with Crippen LogP contribution in [0.3, 0.4) is 0 Å². The molecule has 8 heteroatoms. The lowest BCUT2D eigenvalue weighted by Gasteiger charge is -2.09. The molecular formula is C16H16N2O5S. The van der Waals surface area contributed by atoms with Crippen LogP contribution in [0, 0.1) is 10.1 Å². The van der Waals surface area contributed by atoms with Gasteiger partial charge < -0.3 is 14.8 Å². The highest BCUT2D eigenvalue weighted by atomic mass is 32.2. The second kappa shape index (κ2) is 8.21. The number of ether oxygens (including phenoxy) is 2. The van der Waals surface area contributed by atoms with Gasteiger partial charge in [-0.05, 0) is 36.6 Å². The maximum absolute atomic E-state index is 12.0. The van der Waals surface area contributed by atoms with Crippen LogP contribution in [0.1, 0.15) is 0 Å². The normalized spacial score (nSPS) is 10.1. The first kappa shape index (κ1) is 17.6. The van der Waals surface area contributed by atoms with Crippen molar-refractivity contribution in [1.29, 1.82) is 0 Å². The first-order valence-corrected chi connectivity index (χ1v) is 8.15. The number of hydrogen-bond acceptors (Lipinski definition) is 6. The minimum atomic E-state index is -0.586. The van der Waals surface area contributed by atoms with Gasteiger partial charge in [0.25, 0.3) is 5.91 Å². The Labute approximate surface area is 143 Å². The van der Waals surface area contributed by atoms with Gasteiger partial charge in [-0.15, -0.1) is 11.8 Å². The van der Waals surface area contributed by atoms with Crippen LogP contribution in [0.25, 0.3) is 0 Å². The molecule has 0 saturated heterocycles. The zero-order chi connectivity index (χ0) is 17.5. The van der Waals surface area contributed by atoms with Gasteiger partial charge in [0.1, 0.15) is 5.75 Å². The molecule has 0 unspecified atom stereocenters. The van der Waals surface area contributed by atoms with Crippen molar-refractivity contribution < 1.29 is 19.2 Å². The standard InChI is InChI=1S/C16H16N2O5S/c1-22-12-6-7-15(14(9-12)18(20)21)23-10-16(19)17-11-4-3-5-13(8-11)24-2/h3-9H,10H2,1-2H3,(H,17,19). The number of carbonyl (C=O) groups excluding carboxylic acids is 1. The minimum Gasteiger partial charge on any atom is -0.496 e. The Hall–Kier alpha value is -2.74. The molecule has 2 rings (SSSR count). The molecule has 1 amide bonds. The highest BCUT2D eigenvalue weighted by Crippen LogP contribution is 2.31.